The Bertz CT molecular complexity index is 1070. The van der Waals surface area contributed by atoms with Gasteiger partial charge in [0.2, 0.25) is 5.95 Å². The Hall–Kier alpha value is -2.85. The van der Waals surface area contributed by atoms with Gasteiger partial charge in [-0.2, -0.15) is 0 Å². The van der Waals surface area contributed by atoms with Gasteiger partial charge in [-0.3, -0.25) is 4.98 Å². The van der Waals surface area contributed by atoms with E-state index < -0.39 is 0 Å². The number of nitrogens with zero attached hydrogens (tertiary/aromatic N) is 3. The van der Waals surface area contributed by atoms with E-state index >= 15 is 0 Å². The summed E-state index contributed by atoms with van der Waals surface area (Å²) >= 11 is 5.96. The van der Waals surface area contributed by atoms with E-state index in [0.29, 0.717) is 6.04 Å². The number of aromatic nitrogens is 3. The van der Waals surface area contributed by atoms with Crippen LogP contribution in [0, 0.1) is 0 Å². The average molecular weight is 377 g/mol. The molecule has 136 valence electrons. The van der Waals surface area contributed by atoms with Gasteiger partial charge >= 0.3 is 0 Å². The van der Waals surface area contributed by atoms with Crippen molar-refractivity contribution >= 4 is 28.6 Å². The fourth-order valence-corrected chi connectivity index (χ4v) is 3.07. The lowest BCUT2D eigenvalue weighted by Gasteiger charge is -2.19. The van der Waals surface area contributed by atoms with Gasteiger partial charge in [0.15, 0.2) is 0 Å². The van der Waals surface area contributed by atoms with E-state index in [1.54, 1.807) is 0 Å². The summed E-state index contributed by atoms with van der Waals surface area (Å²) in [5, 5.41) is 0.735. The number of fused-ring (bicyclic) bond motifs is 1. The largest absolute Gasteiger partial charge is 0.343 e. The van der Waals surface area contributed by atoms with Gasteiger partial charge in [0, 0.05) is 35.4 Å². The van der Waals surface area contributed by atoms with Crippen LogP contribution in [0.5, 0.6) is 0 Å². The van der Waals surface area contributed by atoms with E-state index in [0.717, 1.165) is 44.4 Å². The van der Waals surface area contributed by atoms with Crippen molar-refractivity contribution < 1.29 is 0 Å². The first kappa shape index (κ1) is 17.6. The molecule has 5 heteroatoms. The minimum absolute atomic E-state index is 0.382. The number of aromatic amines is 1. The van der Waals surface area contributed by atoms with E-state index in [2.05, 4.69) is 51.9 Å². The van der Waals surface area contributed by atoms with Gasteiger partial charge in [-0.1, -0.05) is 35.9 Å². The van der Waals surface area contributed by atoms with Crippen molar-refractivity contribution in [2.75, 3.05) is 11.9 Å². The number of rotatable bonds is 4. The number of imidazole rings is 1. The standard InChI is InChI=1S/C22H21ClN4/c1-14(2)27(3)22-25-20-11-6-16(12-21(20)26-22)19-10-7-17(13-24-19)15-4-8-18(23)9-5-15/h4-14H,1-3H3,(H,25,26). The Morgan fingerprint density at radius 3 is 2.30 bits per heavy atom. The smallest absolute Gasteiger partial charge is 0.203 e. The predicted molar refractivity (Wildman–Crippen MR) is 113 cm³/mol. The summed E-state index contributed by atoms with van der Waals surface area (Å²) in [6, 6.07) is 18.5. The van der Waals surface area contributed by atoms with Crippen LogP contribution in [-0.4, -0.2) is 28.0 Å². The number of H-pyrrole nitrogens is 1. The summed E-state index contributed by atoms with van der Waals surface area (Å²) in [6.45, 7) is 4.29. The van der Waals surface area contributed by atoms with Gasteiger partial charge in [-0.05, 0) is 49.7 Å². The van der Waals surface area contributed by atoms with Gasteiger partial charge < -0.3 is 9.88 Å². The Kier molecular flexibility index (Phi) is 4.58. The number of hydrogen-bond donors (Lipinski definition) is 1. The Morgan fingerprint density at radius 1 is 0.926 bits per heavy atom. The molecule has 1 N–H and O–H groups in total. The van der Waals surface area contributed by atoms with Crippen molar-refractivity contribution in [1.82, 2.24) is 15.0 Å². The molecule has 2 heterocycles. The number of benzene rings is 2. The minimum atomic E-state index is 0.382. The maximum Gasteiger partial charge on any atom is 0.203 e. The molecule has 0 spiro atoms. The first-order valence-corrected chi connectivity index (χ1v) is 9.34. The third kappa shape index (κ3) is 3.53. The normalized spacial score (nSPS) is 11.3. The van der Waals surface area contributed by atoms with Crippen LogP contribution < -0.4 is 4.90 Å². The first-order chi connectivity index (χ1) is 13.0. The highest BCUT2D eigenvalue weighted by atomic mass is 35.5. The molecule has 0 saturated carbocycles. The highest BCUT2D eigenvalue weighted by Crippen LogP contribution is 2.26. The van der Waals surface area contributed by atoms with Crippen molar-refractivity contribution in [2.45, 2.75) is 19.9 Å². The molecule has 0 unspecified atom stereocenters. The van der Waals surface area contributed by atoms with E-state index in [9.17, 15) is 0 Å². The molecule has 4 aromatic rings. The molecule has 0 bridgehead atoms. The molecule has 0 aliphatic rings. The van der Waals surface area contributed by atoms with Crippen LogP contribution in [0.25, 0.3) is 33.4 Å². The van der Waals surface area contributed by atoms with Gasteiger partial charge in [-0.15, -0.1) is 0 Å². The van der Waals surface area contributed by atoms with Crippen LogP contribution in [0.4, 0.5) is 5.95 Å². The Labute approximate surface area is 163 Å². The van der Waals surface area contributed by atoms with Gasteiger partial charge in [0.05, 0.1) is 16.7 Å². The lowest BCUT2D eigenvalue weighted by atomic mass is 10.1. The zero-order valence-electron chi connectivity index (χ0n) is 15.6. The number of halogens is 1. The quantitative estimate of drug-likeness (QED) is 0.490. The fourth-order valence-electron chi connectivity index (χ4n) is 2.94. The van der Waals surface area contributed by atoms with Crippen LogP contribution in [-0.2, 0) is 0 Å². The van der Waals surface area contributed by atoms with Gasteiger partial charge in [0.1, 0.15) is 0 Å². The zero-order chi connectivity index (χ0) is 19.0. The molecule has 4 nitrogen and oxygen atoms in total. The van der Waals surface area contributed by atoms with Crippen LogP contribution in [0.2, 0.25) is 5.02 Å². The van der Waals surface area contributed by atoms with Crippen molar-refractivity contribution in [3.63, 3.8) is 0 Å². The van der Waals surface area contributed by atoms with Crippen LogP contribution in [0.15, 0.2) is 60.8 Å². The fraction of sp³-hybridized carbons (Fsp3) is 0.182. The topological polar surface area (TPSA) is 44.8 Å². The zero-order valence-corrected chi connectivity index (χ0v) is 16.3. The van der Waals surface area contributed by atoms with Crippen LogP contribution in [0.3, 0.4) is 0 Å². The first-order valence-electron chi connectivity index (χ1n) is 8.96. The lowest BCUT2D eigenvalue weighted by molar-refractivity contribution is 0.736. The monoisotopic (exact) mass is 376 g/mol. The molecule has 0 aliphatic heterocycles. The Morgan fingerprint density at radius 2 is 1.63 bits per heavy atom. The summed E-state index contributed by atoms with van der Waals surface area (Å²) in [5.74, 6) is 0.878. The highest BCUT2D eigenvalue weighted by molar-refractivity contribution is 6.30. The molecule has 0 amide bonds. The molecule has 0 aliphatic carbocycles. The molecule has 27 heavy (non-hydrogen) atoms. The van der Waals surface area contributed by atoms with E-state index in [-0.39, 0.29) is 0 Å². The van der Waals surface area contributed by atoms with Crippen molar-refractivity contribution in [1.29, 1.82) is 0 Å². The summed E-state index contributed by atoms with van der Waals surface area (Å²) in [6.07, 6.45) is 1.90. The van der Waals surface area contributed by atoms with Crippen molar-refractivity contribution in [3.05, 3.63) is 65.8 Å². The molecule has 0 radical (unpaired) electrons. The number of anilines is 1. The second kappa shape index (κ2) is 7.05. The molecular weight excluding hydrogens is 356 g/mol. The molecule has 0 fully saturated rings. The molecule has 0 atom stereocenters. The third-order valence-corrected chi connectivity index (χ3v) is 5.07. The predicted octanol–water partition coefficient (Wildman–Crippen LogP) is 5.79. The molecule has 2 aromatic carbocycles. The van der Waals surface area contributed by atoms with E-state index in [4.69, 9.17) is 11.6 Å². The van der Waals surface area contributed by atoms with Crippen LogP contribution in [0.1, 0.15) is 13.8 Å². The lowest BCUT2D eigenvalue weighted by Crippen LogP contribution is -2.26. The summed E-state index contributed by atoms with van der Waals surface area (Å²) < 4.78 is 0. The third-order valence-electron chi connectivity index (χ3n) is 4.81. The van der Waals surface area contributed by atoms with Gasteiger partial charge in [-0.25, -0.2) is 4.98 Å². The van der Waals surface area contributed by atoms with Crippen molar-refractivity contribution in [2.24, 2.45) is 0 Å². The second-order valence-corrected chi connectivity index (χ2v) is 7.37. The highest BCUT2D eigenvalue weighted by Gasteiger charge is 2.11. The minimum Gasteiger partial charge on any atom is -0.343 e. The number of pyridine rings is 1. The van der Waals surface area contributed by atoms with Crippen molar-refractivity contribution in [3.8, 4) is 22.4 Å². The molecule has 0 saturated heterocycles. The second-order valence-electron chi connectivity index (χ2n) is 6.94. The number of hydrogen-bond acceptors (Lipinski definition) is 3. The summed E-state index contributed by atoms with van der Waals surface area (Å²) in [7, 11) is 2.04. The average Bonchev–Trinajstić information content (AvgIpc) is 3.11. The molecule has 4 rings (SSSR count). The number of nitrogens with one attached hydrogen (secondary N) is 1. The molecular formula is C22H21ClN4. The maximum absolute atomic E-state index is 5.96. The SMILES string of the molecule is CC(C)N(C)c1nc2ccc(-c3ccc(-c4ccc(Cl)cc4)cn3)cc2[nH]1. The molecule has 2 aromatic heterocycles. The maximum atomic E-state index is 5.96. The van der Waals surface area contributed by atoms with Crippen LogP contribution >= 0.6 is 11.6 Å². The van der Waals surface area contributed by atoms with E-state index in [1.165, 1.54) is 0 Å². The van der Waals surface area contributed by atoms with Gasteiger partial charge in [0.25, 0.3) is 0 Å². The van der Waals surface area contributed by atoms with E-state index in [1.807, 2.05) is 49.6 Å². The summed E-state index contributed by atoms with van der Waals surface area (Å²) in [5.41, 5.74) is 6.14. The summed E-state index contributed by atoms with van der Waals surface area (Å²) in [4.78, 5) is 14.8. The Balaban J connectivity index is 1.64.